The van der Waals surface area contributed by atoms with E-state index in [2.05, 4.69) is 26.1 Å². The Hall–Kier alpha value is -0.760. The lowest BCUT2D eigenvalue weighted by molar-refractivity contribution is 0.468. The van der Waals surface area contributed by atoms with Crippen LogP contribution in [0.3, 0.4) is 0 Å². The van der Waals surface area contributed by atoms with Crippen LogP contribution in [-0.4, -0.2) is 6.54 Å². The van der Waals surface area contributed by atoms with Crippen molar-refractivity contribution < 1.29 is 4.42 Å². The number of furan rings is 1. The molecule has 15 heavy (non-hydrogen) atoms. The Morgan fingerprint density at radius 1 is 1.33 bits per heavy atom. The predicted octanol–water partition coefficient (Wildman–Crippen LogP) is 3.50. The van der Waals surface area contributed by atoms with Gasteiger partial charge in [0.2, 0.25) is 0 Å². The SMILES string of the molecule is Cc1ccoc1CNCCCCC(C)C. The third-order valence-corrected chi connectivity index (χ3v) is 2.64. The summed E-state index contributed by atoms with van der Waals surface area (Å²) in [5.41, 5.74) is 1.24. The lowest BCUT2D eigenvalue weighted by Gasteiger charge is -2.05. The van der Waals surface area contributed by atoms with E-state index in [9.17, 15) is 0 Å². The van der Waals surface area contributed by atoms with E-state index < -0.39 is 0 Å². The van der Waals surface area contributed by atoms with E-state index in [1.54, 1.807) is 6.26 Å². The zero-order chi connectivity index (χ0) is 11.1. The van der Waals surface area contributed by atoms with Crippen molar-refractivity contribution in [2.24, 2.45) is 5.92 Å². The molecule has 1 heterocycles. The average Bonchev–Trinajstić information content (AvgIpc) is 2.57. The van der Waals surface area contributed by atoms with E-state index in [-0.39, 0.29) is 0 Å². The van der Waals surface area contributed by atoms with Gasteiger partial charge in [0.05, 0.1) is 12.8 Å². The van der Waals surface area contributed by atoms with Gasteiger partial charge in [-0.25, -0.2) is 0 Å². The number of aryl methyl sites for hydroxylation is 1. The van der Waals surface area contributed by atoms with Crippen molar-refractivity contribution in [3.8, 4) is 0 Å². The van der Waals surface area contributed by atoms with Crippen LogP contribution in [0.15, 0.2) is 16.7 Å². The Morgan fingerprint density at radius 2 is 2.13 bits per heavy atom. The van der Waals surface area contributed by atoms with Gasteiger partial charge in [-0.05, 0) is 37.4 Å². The van der Waals surface area contributed by atoms with Gasteiger partial charge < -0.3 is 9.73 Å². The molecule has 0 saturated carbocycles. The molecule has 0 atom stereocenters. The van der Waals surface area contributed by atoms with Gasteiger partial charge in [0.1, 0.15) is 5.76 Å². The van der Waals surface area contributed by atoms with Crippen molar-refractivity contribution in [1.29, 1.82) is 0 Å². The Labute approximate surface area is 93.1 Å². The summed E-state index contributed by atoms with van der Waals surface area (Å²) in [6.07, 6.45) is 5.67. The van der Waals surface area contributed by atoms with Crippen LogP contribution >= 0.6 is 0 Å². The lowest BCUT2D eigenvalue weighted by Crippen LogP contribution is -2.14. The van der Waals surface area contributed by atoms with Crippen LogP contribution in [0.4, 0.5) is 0 Å². The summed E-state index contributed by atoms with van der Waals surface area (Å²) in [6, 6.07) is 2.01. The Balaban J connectivity index is 2.00. The Kier molecular flexibility index (Phi) is 5.48. The second-order valence-electron chi connectivity index (χ2n) is 4.59. The molecular weight excluding hydrogens is 186 g/mol. The molecule has 0 aliphatic carbocycles. The number of unbranched alkanes of at least 4 members (excludes halogenated alkanes) is 1. The molecule has 1 aromatic rings. The summed E-state index contributed by atoms with van der Waals surface area (Å²) in [5.74, 6) is 1.90. The molecule has 0 aliphatic rings. The molecule has 0 amide bonds. The molecule has 0 saturated heterocycles. The molecule has 2 nitrogen and oxygen atoms in total. The van der Waals surface area contributed by atoms with Gasteiger partial charge in [-0.2, -0.15) is 0 Å². The molecule has 0 aliphatic heterocycles. The maximum Gasteiger partial charge on any atom is 0.120 e. The van der Waals surface area contributed by atoms with Crippen LogP contribution in [-0.2, 0) is 6.54 Å². The maximum absolute atomic E-state index is 5.35. The highest BCUT2D eigenvalue weighted by molar-refractivity contribution is 5.13. The van der Waals surface area contributed by atoms with E-state index in [0.29, 0.717) is 0 Å². The first kappa shape index (κ1) is 12.3. The van der Waals surface area contributed by atoms with Crippen molar-refractivity contribution in [2.45, 2.75) is 46.6 Å². The quantitative estimate of drug-likeness (QED) is 0.695. The summed E-state index contributed by atoms with van der Waals surface area (Å²) >= 11 is 0. The van der Waals surface area contributed by atoms with E-state index in [4.69, 9.17) is 4.42 Å². The maximum atomic E-state index is 5.35. The van der Waals surface area contributed by atoms with Crippen molar-refractivity contribution in [1.82, 2.24) is 5.32 Å². The zero-order valence-electron chi connectivity index (χ0n) is 10.2. The summed E-state index contributed by atoms with van der Waals surface area (Å²) in [4.78, 5) is 0. The topological polar surface area (TPSA) is 25.2 Å². The van der Waals surface area contributed by atoms with Crippen LogP contribution in [0.2, 0.25) is 0 Å². The molecule has 0 bridgehead atoms. The minimum absolute atomic E-state index is 0.831. The van der Waals surface area contributed by atoms with Gasteiger partial charge >= 0.3 is 0 Å². The highest BCUT2D eigenvalue weighted by Gasteiger charge is 2.00. The Morgan fingerprint density at radius 3 is 2.73 bits per heavy atom. The summed E-state index contributed by atoms with van der Waals surface area (Å²) in [7, 11) is 0. The molecular formula is C13H23NO. The first-order valence-corrected chi connectivity index (χ1v) is 5.94. The van der Waals surface area contributed by atoms with Gasteiger partial charge in [-0.15, -0.1) is 0 Å². The third-order valence-electron chi connectivity index (χ3n) is 2.64. The van der Waals surface area contributed by atoms with Gasteiger partial charge in [0.15, 0.2) is 0 Å². The van der Waals surface area contributed by atoms with Crippen molar-refractivity contribution in [2.75, 3.05) is 6.54 Å². The van der Waals surface area contributed by atoms with E-state index in [1.807, 2.05) is 6.07 Å². The molecule has 86 valence electrons. The Bertz CT molecular complexity index is 265. The van der Waals surface area contributed by atoms with E-state index in [0.717, 1.165) is 24.8 Å². The van der Waals surface area contributed by atoms with Crippen LogP contribution in [0.1, 0.15) is 44.4 Å². The highest BCUT2D eigenvalue weighted by Crippen LogP contribution is 2.08. The van der Waals surface area contributed by atoms with Gasteiger partial charge in [0, 0.05) is 0 Å². The standard InChI is InChI=1S/C13H23NO/c1-11(2)6-4-5-8-14-10-13-12(3)7-9-15-13/h7,9,11,14H,4-6,8,10H2,1-3H3. The van der Waals surface area contributed by atoms with Crippen LogP contribution in [0.25, 0.3) is 0 Å². The molecule has 1 N–H and O–H groups in total. The zero-order valence-corrected chi connectivity index (χ0v) is 10.2. The summed E-state index contributed by atoms with van der Waals surface area (Å²) in [6.45, 7) is 8.59. The average molecular weight is 209 g/mol. The van der Waals surface area contributed by atoms with Gasteiger partial charge in [0.25, 0.3) is 0 Å². The van der Waals surface area contributed by atoms with E-state index >= 15 is 0 Å². The van der Waals surface area contributed by atoms with Crippen molar-refractivity contribution in [3.63, 3.8) is 0 Å². The first-order valence-electron chi connectivity index (χ1n) is 5.94. The molecule has 1 aromatic heterocycles. The fourth-order valence-electron chi connectivity index (χ4n) is 1.59. The monoisotopic (exact) mass is 209 g/mol. The largest absolute Gasteiger partial charge is 0.468 e. The summed E-state index contributed by atoms with van der Waals surface area (Å²) in [5, 5.41) is 3.41. The second kappa shape index (κ2) is 6.67. The first-order chi connectivity index (χ1) is 7.20. The van der Waals surface area contributed by atoms with Gasteiger partial charge in [-0.3, -0.25) is 0 Å². The third kappa shape index (κ3) is 5.03. The molecule has 0 unspecified atom stereocenters. The van der Waals surface area contributed by atoms with Crippen LogP contribution < -0.4 is 5.32 Å². The van der Waals surface area contributed by atoms with Gasteiger partial charge in [-0.1, -0.05) is 26.7 Å². The number of nitrogens with one attached hydrogen (secondary N) is 1. The van der Waals surface area contributed by atoms with Crippen molar-refractivity contribution >= 4 is 0 Å². The molecule has 1 rings (SSSR count). The van der Waals surface area contributed by atoms with Crippen molar-refractivity contribution in [3.05, 3.63) is 23.7 Å². The smallest absolute Gasteiger partial charge is 0.120 e. The fourth-order valence-corrected chi connectivity index (χ4v) is 1.59. The molecule has 0 radical (unpaired) electrons. The normalized spacial score (nSPS) is 11.2. The fraction of sp³-hybridized carbons (Fsp3) is 0.692. The number of rotatable bonds is 7. The molecule has 0 aromatic carbocycles. The highest BCUT2D eigenvalue weighted by atomic mass is 16.3. The van der Waals surface area contributed by atoms with Crippen LogP contribution in [0.5, 0.6) is 0 Å². The minimum atomic E-state index is 0.831. The predicted molar refractivity (Wildman–Crippen MR) is 63.8 cm³/mol. The van der Waals surface area contributed by atoms with Crippen LogP contribution in [0, 0.1) is 12.8 Å². The van der Waals surface area contributed by atoms with E-state index in [1.165, 1.54) is 24.8 Å². The number of hydrogen-bond acceptors (Lipinski definition) is 2. The molecule has 0 fully saturated rings. The molecule has 2 heteroatoms. The second-order valence-corrected chi connectivity index (χ2v) is 4.59. The molecule has 0 spiro atoms. The number of hydrogen-bond donors (Lipinski definition) is 1. The summed E-state index contributed by atoms with van der Waals surface area (Å²) < 4.78 is 5.35. The lowest BCUT2D eigenvalue weighted by atomic mass is 10.1. The minimum Gasteiger partial charge on any atom is -0.468 e.